The number of hydrogen-bond donors (Lipinski definition) is 1. The Morgan fingerprint density at radius 1 is 1.27 bits per heavy atom. The predicted molar refractivity (Wildman–Crippen MR) is 64.7 cm³/mol. The van der Waals surface area contributed by atoms with Crippen LogP contribution in [-0.4, -0.2) is 11.0 Å². The zero-order valence-corrected chi connectivity index (χ0v) is 10.2. The van der Waals surface area contributed by atoms with Gasteiger partial charge in [-0.05, 0) is 37.8 Å². The molecule has 0 amide bonds. The summed E-state index contributed by atoms with van der Waals surface area (Å²) in [5.74, 6) is 0.744. The number of pyridine rings is 1. The van der Waals surface area contributed by atoms with Crippen molar-refractivity contribution in [1.29, 1.82) is 0 Å². The van der Waals surface area contributed by atoms with Gasteiger partial charge in [-0.15, -0.1) is 0 Å². The summed E-state index contributed by atoms with van der Waals surface area (Å²) in [6, 6.07) is 5.04. The second-order valence-corrected chi connectivity index (χ2v) is 4.71. The highest BCUT2D eigenvalue weighted by Crippen LogP contribution is 2.13. The topological polar surface area (TPSA) is 24.9 Å². The van der Waals surface area contributed by atoms with Gasteiger partial charge in [0, 0.05) is 24.5 Å². The van der Waals surface area contributed by atoms with E-state index in [0.717, 1.165) is 5.92 Å². The van der Waals surface area contributed by atoms with E-state index in [4.69, 9.17) is 0 Å². The van der Waals surface area contributed by atoms with Gasteiger partial charge in [-0.3, -0.25) is 4.98 Å². The molecule has 15 heavy (non-hydrogen) atoms. The quantitative estimate of drug-likeness (QED) is 0.800. The normalized spacial score (nSPS) is 15.3. The summed E-state index contributed by atoms with van der Waals surface area (Å²) < 4.78 is 0. The lowest BCUT2D eigenvalue weighted by Gasteiger charge is -2.21. The molecule has 0 aliphatic carbocycles. The molecule has 1 N–H and O–H groups in total. The van der Waals surface area contributed by atoms with Gasteiger partial charge in [0.15, 0.2) is 0 Å². The van der Waals surface area contributed by atoms with E-state index < -0.39 is 0 Å². The van der Waals surface area contributed by atoms with Crippen LogP contribution in [0.1, 0.15) is 45.7 Å². The second-order valence-electron chi connectivity index (χ2n) is 4.71. The number of hydrogen-bond acceptors (Lipinski definition) is 2. The van der Waals surface area contributed by atoms with Gasteiger partial charge in [-0.2, -0.15) is 0 Å². The van der Waals surface area contributed by atoms with Crippen LogP contribution in [0, 0.1) is 5.92 Å². The minimum absolute atomic E-state index is 0.382. The number of nitrogens with zero attached hydrogens (tertiary/aromatic N) is 1. The van der Waals surface area contributed by atoms with Crippen molar-refractivity contribution in [3.05, 3.63) is 30.1 Å². The van der Waals surface area contributed by atoms with Crippen LogP contribution in [0.2, 0.25) is 0 Å². The number of rotatable bonds is 5. The summed E-state index contributed by atoms with van der Waals surface area (Å²) in [5.41, 5.74) is 1.26. The highest BCUT2D eigenvalue weighted by atomic mass is 14.9. The van der Waals surface area contributed by atoms with Crippen molar-refractivity contribution in [3.63, 3.8) is 0 Å². The van der Waals surface area contributed by atoms with Gasteiger partial charge < -0.3 is 5.32 Å². The molecular weight excluding hydrogens is 184 g/mol. The zero-order valence-electron chi connectivity index (χ0n) is 10.2. The fourth-order valence-corrected chi connectivity index (χ4v) is 1.93. The SMILES string of the molecule is CC(C)CC(C)N[C@H](C)c1cccnc1. The van der Waals surface area contributed by atoms with Crippen LogP contribution >= 0.6 is 0 Å². The van der Waals surface area contributed by atoms with Crippen molar-refractivity contribution < 1.29 is 0 Å². The first-order chi connectivity index (χ1) is 7.09. The maximum Gasteiger partial charge on any atom is 0.0315 e. The molecule has 0 aliphatic rings. The second kappa shape index (κ2) is 5.86. The lowest BCUT2D eigenvalue weighted by molar-refractivity contribution is 0.406. The van der Waals surface area contributed by atoms with E-state index in [-0.39, 0.29) is 0 Å². The molecule has 0 aliphatic heterocycles. The molecule has 0 aromatic carbocycles. The highest BCUT2D eigenvalue weighted by molar-refractivity contribution is 5.12. The van der Waals surface area contributed by atoms with E-state index in [1.165, 1.54) is 12.0 Å². The van der Waals surface area contributed by atoms with Crippen LogP contribution in [0.25, 0.3) is 0 Å². The van der Waals surface area contributed by atoms with Crippen LogP contribution in [0.3, 0.4) is 0 Å². The first-order valence-corrected chi connectivity index (χ1v) is 5.75. The Hall–Kier alpha value is -0.890. The van der Waals surface area contributed by atoms with Crippen molar-refractivity contribution in [1.82, 2.24) is 10.3 Å². The first kappa shape index (κ1) is 12.2. The van der Waals surface area contributed by atoms with Crippen LogP contribution in [0.4, 0.5) is 0 Å². The standard InChI is InChI=1S/C13H22N2/c1-10(2)8-11(3)15-12(4)13-6-5-7-14-9-13/h5-7,9-12,15H,8H2,1-4H3/t11?,12-/m1/s1. The van der Waals surface area contributed by atoms with Crippen molar-refractivity contribution >= 4 is 0 Å². The smallest absolute Gasteiger partial charge is 0.0315 e. The molecule has 1 unspecified atom stereocenters. The molecule has 0 radical (unpaired) electrons. The van der Waals surface area contributed by atoms with E-state index in [9.17, 15) is 0 Å². The fraction of sp³-hybridized carbons (Fsp3) is 0.615. The molecule has 0 spiro atoms. The molecule has 1 aromatic rings. The Balaban J connectivity index is 2.45. The van der Waals surface area contributed by atoms with Gasteiger partial charge in [-0.25, -0.2) is 0 Å². The Bertz CT molecular complexity index is 269. The summed E-state index contributed by atoms with van der Waals surface area (Å²) >= 11 is 0. The largest absolute Gasteiger partial charge is 0.308 e. The van der Waals surface area contributed by atoms with Crippen LogP contribution < -0.4 is 5.32 Å². The van der Waals surface area contributed by atoms with Gasteiger partial charge in [0.05, 0.1) is 0 Å². The van der Waals surface area contributed by atoms with Gasteiger partial charge in [0.2, 0.25) is 0 Å². The monoisotopic (exact) mass is 206 g/mol. The molecule has 2 nitrogen and oxygen atoms in total. The van der Waals surface area contributed by atoms with Gasteiger partial charge in [0.1, 0.15) is 0 Å². The minimum atomic E-state index is 0.382. The van der Waals surface area contributed by atoms with Crippen LogP contribution in [-0.2, 0) is 0 Å². The highest BCUT2D eigenvalue weighted by Gasteiger charge is 2.10. The molecular formula is C13H22N2. The van der Waals surface area contributed by atoms with E-state index in [1.807, 2.05) is 18.5 Å². The molecule has 84 valence electrons. The molecule has 1 heterocycles. The van der Waals surface area contributed by atoms with Crippen molar-refractivity contribution in [2.45, 2.75) is 46.2 Å². The Labute approximate surface area is 93.1 Å². The summed E-state index contributed by atoms with van der Waals surface area (Å²) in [6.07, 6.45) is 4.96. The van der Waals surface area contributed by atoms with Crippen LogP contribution in [0.15, 0.2) is 24.5 Å². The third kappa shape index (κ3) is 4.43. The first-order valence-electron chi connectivity index (χ1n) is 5.75. The number of nitrogens with one attached hydrogen (secondary N) is 1. The molecule has 0 saturated heterocycles. The minimum Gasteiger partial charge on any atom is -0.308 e. The summed E-state index contributed by atoms with van der Waals surface area (Å²) in [5, 5.41) is 3.59. The van der Waals surface area contributed by atoms with Crippen molar-refractivity contribution in [2.75, 3.05) is 0 Å². The summed E-state index contributed by atoms with van der Waals surface area (Å²) in [6.45, 7) is 8.94. The molecule has 0 bridgehead atoms. The van der Waals surface area contributed by atoms with Crippen LogP contribution in [0.5, 0.6) is 0 Å². The Morgan fingerprint density at radius 3 is 2.53 bits per heavy atom. The molecule has 0 fully saturated rings. The van der Waals surface area contributed by atoms with Gasteiger partial charge in [0.25, 0.3) is 0 Å². The third-order valence-corrected chi connectivity index (χ3v) is 2.54. The zero-order chi connectivity index (χ0) is 11.3. The molecule has 2 atom stereocenters. The average molecular weight is 206 g/mol. The van der Waals surface area contributed by atoms with E-state index >= 15 is 0 Å². The van der Waals surface area contributed by atoms with Gasteiger partial charge in [-0.1, -0.05) is 19.9 Å². The number of aromatic nitrogens is 1. The maximum atomic E-state index is 4.13. The molecule has 1 rings (SSSR count). The van der Waals surface area contributed by atoms with E-state index in [2.05, 4.69) is 44.1 Å². The fourth-order valence-electron chi connectivity index (χ4n) is 1.93. The molecule has 1 aromatic heterocycles. The Kier molecular flexibility index (Phi) is 4.76. The average Bonchev–Trinajstić information content (AvgIpc) is 2.17. The molecule has 0 saturated carbocycles. The predicted octanol–water partition coefficient (Wildman–Crippen LogP) is 3.17. The summed E-state index contributed by atoms with van der Waals surface area (Å²) in [4.78, 5) is 4.13. The Morgan fingerprint density at radius 2 is 2.00 bits per heavy atom. The lowest BCUT2D eigenvalue weighted by Crippen LogP contribution is -2.30. The van der Waals surface area contributed by atoms with E-state index in [1.54, 1.807) is 0 Å². The van der Waals surface area contributed by atoms with Crippen molar-refractivity contribution in [3.8, 4) is 0 Å². The van der Waals surface area contributed by atoms with E-state index in [0.29, 0.717) is 12.1 Å². The van der Waals surface area contributed by atoms with Gasteiger partial charge >= 0.3 is 0 Å². The molecule has 2 heteroatoms. The maximum absolute atomic E-state index is 4.13. The summed E-state index contributed by atoms with van der Waals surface area (Å²) in [7, 11) is 0. The lowest BCUT2D eigenvalue weighted by atomic mass is 10.0. The van der Waals surface area contributed by atoms with Crippen molar-refractivity contribution in [2.24, 2.45) is 5.92 Å². The third-order valence-electron chi connectivity index (χ3n) is 2.54.